The first-order chi connectivity index (χ1) is 7.38. The zero-order valence-electron chi connectivity index (χ0n) is 8.31. The van der Waals surface area contributed by atoms with Gasteiger partial charge in [0.2, 0.25) is 10.0 Å². The van der Waals surface area contributed by atoms with Crippen LogP contribution in [0.25, 0.3) is 0 Å². The van der Waals surface area contributed by atoms with E-state index in [1.807, 2.05) is 0 Å². The maximum Gasteiger partial charge on any atom is 0.248 e. The molecule has 5 nitrogen and oxygen atoms in total. The highest BCUT2D eigenvalue weighted by Gasteiger charge is 2.21. The lowest BCUT2D eigenvalue weighted by atomic mass is 10.3. The van der Waals surface area contributed by atoms with Crippen molar-refractivity contribution in [2.75, 3.05) is 4.72 Å². The van der Waals surface area contributed by atoms with Gasteiger partial charge >= 0.3 is 0 Å². The quantitative estimate of drug-likeness (QED) is 0.833. The van der Waals surface area contributed by atoms with Gasteiger partial charge in [-0.15, -0.1) is 0 Å². The molecular weight excluding hydrogens is 296 g/mol. The van der Waals surface area contributed by atoms with E-state index in [0.29, 0.717) is 4.47 Å². The molecule has 0 amide bonds. The highest BCUT2D eigenvalue weighted by molar-refractivity contribution is 9.10. The molecule has 0 aromatic heterocycles. The number of sulfonamides is 1. The van der Waals surface area contributed by atoms with Crippen molar-refractivity contribution in [3.63, 3.8) is 0 Å². The van der Waals surface area contributed by atoms with Crippen LogP contribution in [0.3, 0.4) is 0 Å². The van der Waals surface area contributed by atoms with Crippen molar-refractivity contribution in [1.82, 2.24) is 0 Å². The SMILES string of the molecule is CC(C#N)S(=O)(=O)Nc1cccc(Br)c1O. The first-order valence-corrected chi connectivity index (χ1v) is 6.61. The third-order valence-electron chi connectivity index (χ3n) is 1.89. The van der Waals surface area contributed by atoms with Crippen molar-refractivity contribution in [3.8, 4) is 11.8 Å². The third kappa shape index (κ3) is 2.65. The summed E-state index contributed by atoms with van der Waals surface area (Å²) in [7, 11) is -3.79. The molecule has 1 rings (SSSR count). The van der Waals surface area contributed by atoms with Crippen LogP contribution >= 0.6 is 15.9 Å². The van der Waals surface area contributed by atoms with Crippen LogP contribution in [0.15, 0.2) is 22.7 Å². The van der Waals surface area contributed by atoms with Crippen LogP contribution in [0.1, 0.15) is 6.92 Å². The smallest absolute Gasteiger partial charge is 0.248 e. The molecule has 0 aliphatic heterocycles. The van der Waals surface area contributed by atoms with Crippen LogP contribution in [0.2, 0.25) is 0 Å². The molecule has 0 radical (unpaired) electrons. The van der Waals surface area contributed by atoms with Gasteiger partial charge in [-0.1, -0.05) is 6.07 Å². The average Bonchev–Trinajstić information content (AvgIpc) is 2.23. The number of anilines is 1. The second kappa shape index (κ2) is 4.72. The number of hydrogen-bond acceptors (Lipinski definition) is 4. The van der Waals surface area contributed by atoms with Crippen molar-refractivity contribution < 1.29 is 13.5 Å². The van der Waals surface area contributed by atoms with Crippen LogP contribution in [-0.2, 0) is 10.0 Å². The largest absolute Gasteiger partial charge is 0.505 e. The summed E-state index contributed by atoms with van der Waals surface area (Å²) in [5.41, 5.74) is 0.0384. The summed E-state index contributed by atoms with van der Waals surface area (Å²) in [6.07, 6.45) is 0. The molecule has 16 heavy (non-hydrogen) atoms. The number of aromatic hydroxyl groups is 1. The standard InChI is InChI=1S/C9H9BrN2O3S/c1-6(5-11)16(14,15)12-8-4-2-3-7(10)9(8)13/h2-4,6,12-13H,1H3. The summed E-state index contributed by atoms with van der Waals surface area (Å²) in [5, 5.41) is 16.9. The van der Waals surface area contributed by atoms with Crippen LogP contribution in [0.4, 0.5) is 5.69 Å². The fourth-order valence-corrected chi connectivity index (χ4v) is 2.06. The molecule has 0 saturated carbocycles. The number of halogens is 1. The van der Waals surface area contributed by atoms with Crippen molar-refractivity contribution in [2.45, 2.75) is 12.2 Å². The van der Waals surface area contributed by atoms with Gasteiger partial charge in [0.25, 0.3) is 0 Å². The predicted molar refractivity (Wildman–Crippen MR) is 63.4 cm³/mol. The molecule has 2 N–H and O–H groups in total. The highest BCUT2D eigenvalue weighted by atomic mass is 79.9. The summed E-state index contributed by atoms with van der Waals surface area (Å²) in [5.74, 6) is -0.212. The molecule has 1 unspecified atom stereocenters. The van der Waals surface area contributed by atoms with Gasteiger partial charge in [-0.3, -0.25) is 4.72 Å². The monoisotopic (exact) mass is 304 g/mol. The maximum absolute atomic E-state index is 11.5. The van der Waals surface area contributed by atoms with E-state index in [4.69, 9.17) is 5.26 Å². The summed E-state index contributed by atoms with van der Waals surface area (Å²) in [4.78, 5) is 0. The fourth-order valence-electron chi connectivity index (χ4n) is 0.909. The molecule has 0 aliphatic rings. The van der Waals surface area contributed by atoms with Crippen molar-refractivity contribution in [3.05, 3.63) is 22.7 Å². The Bertz CT molecular complexity index is 536. The second-order valence-corrected chi connectivity index (χ2v) is 5.91. The Hall–Kier alpha value is -1.26. The van der Waals surface area contributed by atoms with Gasteiger partial charge in [-0.25, -0.2) is 8.42 Å². The lowest BCUT2D eigenvalue weighted by Crippen LogP contribution is -2.23. The number of rotatable bonds is 3. The number of phenols is 1. The van der Waals surface area contributed by atoms with E-state index in [0.717, 1.165) is 0 Å². The second-order valence-electron chi connectivity index (χ2n) is 3.05. The van der Waals surface area contributed by atoms with E-state index in [2.05, 4.69) is 20.7 Å². The molecule has 0 spiro atoms. The minimum atomic E-state index is -3.79. The molecular formula is C9H9BrN2O3S. The topological polar surface area (TPSA) is 90.2 Å². The molecule has 0 aliphatic carbocycles. The lowest BCUT2D eigenvalue weighted by molar-refractivity contribution is 0.474. The molecule has 7 heteroatoms. The zero-order valence-corrected chi connectivity index (χ0v) is 10.7. The van der Waals surface area contributed by atoms with Crippen LogP contribution < -0.4 is 4.72 Å². The van der Waals surface area contributed by atoms with Gasteiger partial charge in [0.1, 0.15) is 0 Å². The van der Waals surface area contributed by atoms with E-state index in [1.54, 1.807) is 18.2 Å². The number of nitriles is 1. The van der Waals surface area contributed by atoms with Gasteiger partial charge in [-0.2, -0.15) is 5.26 Å². The van der Waals surface area contributed by atoms with Gasteiger partial charge in [0, 0.05) is 0 Å². The molecule has 86 valence electrons. The predicted octanol–water partition coefficient (Wildman–Crippen LogP) is 1.81. The summed E-state index contributed by atoms with van der Waals surface area (Å²) in [6, 6.07) is 6.16. The van der Waals surface area contributed by atoms with E-state index >= 15 is 0 Å². The van der Waals surface area contributed by atoms with Gasteiger partial charge in [0.05, 0.1) is 16.2 Å². The number of nitrogens with one attached hydrogen (secondary N) is 1. The van der Waals surface area contributed by atoms with Crippen molar-refractivity contribution >= 4 is 31.6 Å². The van der Waals surface area contributed by atoms with E-state index in [-0.39, 0.29) is 11.4 Å². The number of nitrogens with zero attached hydrogens (tertiary/aromatic N) is 1. The fraction of sp³-hybridized carbons (Fsp3) is 0.222. The zero-order chi connectivity index (χ0) is 12.3. The molecule has 0 fully saturated rings. The molecule has 0 heterocycles. The van der Waals surface area contributed by atoms with Gasteiger partial charge in [0.15, 0.2) is 11.0 Å². The Morgan fingerprint density at radius 3 is 2.75 bits per heavy atom. The van der Waals surface area contributed by atoms with Crippen molar-refractivity contribution in [2.24, 2.45) is 0 Å². The van der Waals surface area contributed by atoms with Gasteiger partial charge < -0.3 is 5.11 Å². The number of para-hydroxylation sites is 1. The molecule has 1 atom stereocenters. The molecule has 0 bridgehead atoms. The van der Waals surface area contributed by atoms with E-state index < -0.39 is 15.3 Å². The average molecular weight is 305 g/mol. The maximum atomic E-state index is 11.5. The summed E-state index contributed by atoms with van der Waals surface area (Å²) in [6.45, 7) is 1.26. The summed E-state index contributed by atoms with van der Waals surface area (Å²) < 4.78 is 25.6. The molecule has 1 aromatic rings. The number of phenolic OH excluding ortho intramolecular Hbond substituents is 1. The van der Waals surface area contributed by atoms with Crippen LogP contribution in [0, 0.1) is 11.3 Å². The minimum Gasteiger partial charge on any atom is -0.505 e. The Labute approximate surface area is 102 Å². The first-order valence-electron chi connectivity index (χ1n) is 4.27. The van der Waals surface area contributed by atoms with Crippen molar-refractivity contribution in [1.29, 1.82) is 5.26 Å². The Morgan fingerprint density at radius 1 is 1.56 bits per heavy atom. The summed E-state index contributed by atoms with van der Waals surface area (Å²) >= 11 is 3.06. The number of benzene rings is 1. The van der Waals surface area contributed by atoms with Crippen LogP contribution in [-0.4, -0.2) is 18.8 Å². The molecule has 0 saturated heterocycles. The Balaban J connectivity index is 3.08. The van der Waals surface area contributed by atoms with Gasteiger partial charge in [-0.05, 0) is 35.0 Å². The van der Waals surface area contributed by atoms with E-state index in [9.17, 15) is 13.5 Å². The Morgan fingerprint density at radius 2 is 2.19 bits per heavy atom. The molecule has 1 aromatic carbocycles. The Kier molecular flexibility index (Phi) is 3.78. The highest BCUT2D eigenvalue weighted by Crippen LogP contribution is 2.32. The minimum absolute atomic E-state index is 0.0384. The normalized spacial score (nSPS) is 12.8. The van der Waals surface area contributed by atoms with E-state index in [1.165, 1.54) is 13.0 Å². The van der Waals surface area contributed by atoms with Crippen LogP contribution in [0.5, 0.6) is 5.75 Å². The third-order valence-corrected chi connectivity index (χ3v) is 4.07. The first kappa shape index (κ1) is 12.8. The lowest BCUT2D eigenvalue weighted by Gasteiger charge is -2.11. The number of hydrogen-bond donors (Lipinski definition) is 2.